The van der Waals surface area contributed by atoms with Gasteiger partial charge in [-0.05, 0) is 87.3 Å². The zero-order valence-electron chi connectivity index (χ0n) is 13.5. The van der Waals surface area contributed by atoms with Gasteiger partial charge >= 0.3 is 0 Å². The first kappa shape index (κ1) is 12.9. The second kappa shape index (κ2) is 4.45. The zero-order chi connectivity index (χ0) is 15.6. The SMILES string of the molecule is Cc1cc2c(cc1C)-c1ccc3cc4ccccc4cc3c1C2. The minimum Gasteiger partial charge on any atom is -0.0616 e. The van der Waals surface area contributed by atoms with Crippen LogP contribution in [0.3, 0.4) is 0 Å². The topological polar surface area (TPSA) is 0 Å². The minimum atomic E-state index is 1.06. The first-order valence-corrected chi connectivity index (χ1v) is 8.25. The summed E-state index contributed by atoms with van der Waals surface area (Å²) in [5.74, 6) is 0. The molecule has 0 saturated heterocycles. The highest BCUT2D eigenvalue weighted by atomic mass is 14.2. The molecule has 0 heterocycles. The van der Waals surface area contributed by atoms with Crippen LogP contribution in [0.25, 0.3) is 32.7 Å². The lowest BCUT2D eigenvalue weighted by molar-refractivity contribution is 1.24. The molecule has 0 heteroatoms. The van der Waals surface area contributed by atoms with Crippen LogP contribution < -0.4 is 0 Å². The van der Waals surface area contributed by atoms with Crippen molar-refractivity contribution in [2.24, 2.45) is 0 Å². The van der Waals surface area contributed by atoms with Gasteiger partial charge in [-0.15, -0.1) is 0 Å². The summed E-state index contributed by atoms with van der Waals surface area (Å²) in [6, 6.07) is 22.7. The molecule has 1 aliphatic rings. The molecule has 0 saturated carbocycles. The molecule has 0 spiro atoms. The molecule has 5 rings (SSSR count). The quantitative estimate of drug-likeness (QED) is 0.299. The second-order valence-corrected chi connectivity index (χ2v) is 6.78. The van der Waals surface area contributed by atoms with Gasteiger partial charge in [0.1, 0.15) is 0 Å². The predicted octanol–water partition coefficient (Wildman–Crippen LogP) is 6.18. The van der Waals surface area contributed by atoms with Crippen LogP contribution in [-0.4, -0.2) is 0 Å². The van der Waals surface area contributed by atoms with E-state index in [4.69, 9.17) is 0 Å². The molecular weight excluding hydrogens is 276 g/mol. The fraction of sp³-hybridized carbons (Fsp3) is 0.130. The van der Waals surface area contributed by atoms with Crippen molar-refractivity contribution in [3.8, 4) is 11.1 Å². The maximum absolute atomic E-state index is 2.37. The van der Waals surface area contributed by atoms with E-state index in [0.29, 0.717) is 0 Å². The van der Waals surface area contributed by atoms with Gasteiger partial charge in [-0.2, -0.15) is 0 Å². The van der Waals surface area contributed by atoms with Gasteiger partial charge in [0.25, 0.3) is 0 Å². The van der Waals surface area contributed by atoms with E-state index in [0.717, 1.165) is 6.42 Å². The fourth-order valence-corrected chi connectivity index (χ4v) is 3.98. The van der Waals surface area contributed by atoms with E-state index in [-0.39, 0.29) is 0 Å². The van der Waals surface area contributed by atoms with Crippen LogP contribution >= 0.6 is 0 Å². The van der Waals surface area contributed by atoms with Crippen LogP contribution in [0.5, 0.6) is 0 Å². The smallest absolute Gasteiger partial charge is 0.000718 e. The molecule has 0 N–H and O–H groups in total. The summed E-state index contributed by atoms with van der Waals surface area (Å²) in [6.45, 7) is 4.42. The van der Waals surface area contributed by atoms with Crippen LogP contribution in [-0.2, 0) is 6.42 Å². The van der Waals surface area contributed by atoms with E-state index >= 15 is 0 Å². The van der Waals surface area contributed by atoms with Crippen LogP contribution in [0.4, 0.5) is 0 Å². The zero-order valence-corrected chi connectivity index (χ0v) is 13.5. The van der Waals surface area contributed by atoms with Crippen LogP contribution in [0, 0.1) is 13.8 Å². The Bertz CT molecular complexity index is 1100. The maximum atomic E-state index is 2.37. The van der Waals surface area contributed by atoms with Gasteiger partial charge in [-0.1, -0.05) is 48.5 Å². The van der Waals surface area contributed by atoms with Crippen LogP contribution in [0.15, 0.2) is 60.7 Å². The van der Waals surface area contributed by atoms with E-state index < -0.39 is 0 Å². The van der Waals surface area contributed by atoms with Gasteiger partial charge in [0, 0.05) is 0 Å². The number of rotatable bonds is 0. The fourth-order valence-electron chi connectivity index (χ4n) is 3.98. The summed E-state index contributed by atoms with van der Waals surface area (Å²) in [5, 5.41) is 5.41. The Kier molecular flexibility index (Phi) is 2.50. The van der Waals surface area contributed by atoms with Crippen molar-refractivity contribution in [2.45, 2.75) is 20.3 Å². The molecule has 4 aromatic carbocycles. The van der Waals surface area contributed by atoms with Gasteiger partial charge in [-0.25, -0.2) is 0 Å². The summed E-state index contributed by atoms with van der Waals surface area (Å²) >= 11 is 0. The van der Waals surface area contributed by atoms with Crippen LogP contribution in [0.1, 0.15) is 22.3 Å². The van der Waals surface area contributed by atoms with Gasteiger partial charge in [0.15, 0.2) is 0 Å². The number of hydrogen-bond acceptors (Lipinski definition) is 0. The van der Waals surface area contributed by atoms with Crippen molar-refractivity contribution in [1.29, 1.82) is 0 Å². The molecule has 0 atom stereocenters. The Morgan fingerprint density at radius 1 is 0.652 bits per heavy atom. The Labute approximate surface area is 136 Å². The van der Waals surface area contributed by atoms with E-state index in [2.05, 4.69) is 74.5 Å². The van der Waals surface area contributed by atoms with E-state index in [1.165, 1.54) is 54.9 Å². The number of hydrogen-bond donors (Lipinski definition) is 0. The van der Waals surface area contributed by atoms with E-state index in [9.17, 15) is 0 Å². The van der Waals surface area contributed by atoms with Gasteiger partial charge in [0.05, 0.1) is 0 Å². The molecule has 1 aliphatic carbocycles. The number of benzene rings is 4. The Hall–Kier alpha value is -2.60. The van der Waals surface area contributed by atoms with Gasteiger partial charge in [-0.3, -0.25) is 0 Å². The van der Waals surface area contributed by atoms with Crippen LogP contribution in [0.2, 0.25) is 0 Å². The third kappa shape index (κ3) is 1.78. The summed E-state index contributed by atoms with van der Waals surface area (Å²) in [4.78, 5) is 0. The van der Waals surface area contributed by atoms with E-state index in [1.807, 2.05) is 0 Å². The molecule has 0 radical (unpaired) electrons. The number of fused-ring (bicyclic) bond motifs is 6. The molecule has 0 aromatic heterocycles. The van der Waals surface area contributed by atoms with E-state index in [1.54, 1.807) is 0 Å². The highest BCUT2D eigenvalue weighted by Crippen LogP contribution is 2.42. The number of aryl methyl sites for hydroxylation is 2. The Morgan fingerprint density at radius 2 is 1.39 bits per heavy atom. The Morgan fingerprint density at radius 3 is 2.22 bits per heavy atom. The molecule has 0 unspecified atom stereocenters. The van der Waals surface area contributed by atoms with Crippen molar-refractivity contribution >= 4 is 21.5 Å². The molecule has 0 nitrogen and oxygen atoms in total. The third-order valence-electron chi connectivity index (χ3n) is 5.37. The molecule has 0 amide bonds. The summed E-state index contributed by atoms with van der Waals surface area (Å²) < 4.78 is 0. The van der Waals surface area contributed by atoms with Crippen molar-refractivity contribution < 1.29 is 0 Å². The third-order valence-corrected chi connectivity index (χ3v) is 5.37. The monoisotopic (exact) mass is 294 g/mol. The summed E-state index contributed by atoms with van der Waals surface area (Å²) in [5.41, 5.74) is 8.60. The average Bonchev–Trinajstić information content (AvgIpc) is 2.91. The van der Waals surface area contributed by atoms with Crippen molar-refractivity contribution in [3.63, 3.8) is 0 Å². The summed E-state index contributed by atoms with van der Waals surface area (Å²) in [7, 11) is 0. The molecule has 23 heavy (non-hydrogen) atoms. The molecule has 110 valence electrons. The molecule has 0 aliphatic heterocycles. The lowest BCUT2D eigenvalue weighted by Crippen LogP contribution is -1.86. The van der Waals surface area contributed by atoms with Gasteiger partial charge < -0.3 is 0 Å². The standard InChI is InChI=1S/C23H18/c1-14-9-19-13-23-20(21(19)10-15(14)2)8-7-18-11-16-5-3-4-6-17(16)12-22(18)23/h3-12H,13H2,1-2H3. The normalized spacial score (nSPS) is 12.6. The lowest BCUT2D eigenvalue weighted by atomic mass is 9.96. The predicted molar refractivity (Wildman–Crippen MR) is 99.2 cm³/mol. The largest absolute Gasteiger partial charge is 0.0616 e. The molecule has 0 bridgehead atoms. The highest BCUT2D eigenvalue weighted by molar-refractivity contribution is 6.03. The minimum absolute atomic E-state index is 1.06. The Balaban J connectivity index is 1.84. The second-order valence-electron chi connectivity index (χ2n) is 6.78. The maximum Gasteiger partial charge on any atom is -0.000718 e. The highest BCUT2D eigenvalue weighted by Gasteiger charge is 2.21. The van der Waals surface area contributed by atoms with Crippen molar-refractivity contribution in [1.82, 2.24) is 0 Å². The first-order chi connectivity index (χ1) is 11.2. The molecular formula is C23H18. The van der Waals surface area contributed by atoms with Gasteiger partial charge in [0.2, 0.25) is 0 Å². The summed E-state index contributed by atoms with van der Waals surface area (Å²) in [6.07, 6.45) is 1.06. The average molecular weight is 294 g/mol. The molecule has 4 aromatic rings. The molecule has 0 fully saturated rings. The lowest BCUT2D eigenvalue weighted by Gasteiger charge is -2.08. The first-order valence-electron chi connectivity index (χ1n) is 8.25. The van der Waals surface area contributed by atoms with Crippen molar-refractivity contribution in [3.05, 3.63) is 82.9 Å². The van der Waals surface area contributed by atoms with Crippen molar-refractivity contribution in [2.75, 3.05) is 0 Å².